The van der Waals surface area contributed by atoms with E-state index in [1.54, 1.807) is 25.4 Å². The van der Waals surface area contributed by atoms with Crippen molar-refractivity contribution in [2.45, 2.75) is 0 Å². The highest BCUT2D eigenvalue weighted by Crippen LogP contribution is 2.07. The third-order valence-corrected chi connectivity index (χ3v) is 1.98. The molecule has 16 heavy (non-hydrogen) atoms. The molecule has 0 unspecified atom stereocenters. The summed E-state index contributed by atoms with van der Waals surface area (Å²) in [5.74, 6) is 0.267. The smallest absolute Gasteiger partial charge is 0.184 e. The summed E-state index contributed by atoms with van der Waals surface area (Å²) in [6, 6.07) is 5.62. The molecule has 0 saturated heterocycles. The minimum absolute atomic E-state index is 0.267. The van der Waals surface area contributed by atoms with Gasteiger partial charge in [0.2, 0.25) is 0 Å². The Bertz CT molecular complexity index is 397. The maximum Gasteiger partial charge on any atom is 0.184 e. The van der Waals surface area contributed by atoms with Gasteiger partial charge < -0.3 is 10.1 Å². The second kappa shape index (κ2) is 6.40. The molecule has 0 amide bonds. The van der Waals surface area contributed by atoms with E-state index >= 15 is 0 Å². The van der Waals surface area contributed by atoms with Gasteiger partial charge in [0, 0.05) is 13.2 Å². The maximum atomic E-state index is 10.5. The van der Waals surface area contributed by atoms with E-state index in [9.17, 15) is 4.79 Å². The zero-order valence-electron chi connectivity index (χ0n) is 9.31. The molecule has 0 aliphatic heterocycles. The zero-order valence-corrected chi connectivity index (χ0v) is 9.31. The van der Waals surface area contributed by atoms with E-state index in [0.717, 1.165) is 11.4 Å². The van der Waals surface area contributed by atoms with Crippen LogP contribution >= 0.6 is 0 Å². The van der Waals surface area contributed by atoms with Gasteiger partial charge in [0.05, 0.1) is 18.5 Å². The number of nitrogens with zero attached hydrogens (tertiary/aromatic N) is 1. The Kier molecular flexibility index (Phi) is 4.79. The van der Waals surface area contributed by atoms with Crippen LogP contribution < -0.4 is 5.32 Å². The van der Waals surface area contributed by atoms with Crippen molar-refractivity contribution >= 4 is 12.0 Å². The molecular formula is C12H14N2O2. The molecule has 0 spiro atoms. The van der Waals surface area contributed by atoms with Gasteiger partial charge in [-0.1, -0.05) is 6.07 Å². The van der Waals surface area contributed by atoms with Crippen LogP contribution in [0.1, 0.15) is 5.69 Å². The molecule has 0 aliphatic carbocycles. The molecule has 0 aliphatic rings. The third kappa shape index (κ3) is 3.24. The lowest BCUT2D eigenvalue weighted by atomic mass is 10.2. The van der Waals surface area contributed by atoms with Crippen LogP contribution in [0.3, 0.4) is 0 Å². The van der Waals surface area contributed by atoms with Gasteiger partial charge in [0.25, 0.3) is 0 Å². The molecule has 0 bridgehead atoms. The number of rotatable bonds is 5. The molecule has 0 fully saturated rings. The van der Waals surface area contributed by atoms with Crippen molar-refractivity contribution in [2.75, 3.05) is 14.2 Å². The van der Waals surface area contributed by atoms with Crippen LogP contribution in [0.15, 0.2) is 42.3 Å². The highest BCUT2D eigenvalue weighted by atomic mass is 16.5. The number of pyridine rings is 1. The lowest BCUT2D eigenvalue weighted by molar-refractivity contribution is -0.107. The molecule has 84 valence electrons. The Labute approximate surface area is 94.7 Å². The normalized spacial score (nSPS) is 12.1. The minimum Gasteiger partial charge on any atom is -0.493 e. The van der Waals surface area contributed by atoms with Gasteiger partial charge in [-0.15, -0.1) is 0 Å². The molecule has 1 heterocycles. The molecule has 0 saturated carbocycles. The first kappa shape index (κ1) is 12.0. The number of aromatic nitrogens is 1. The van der Waals surface area contributed by atoms with Gasteiger partial charge in [-0.2, -0.15) is 0 Å². The van der Waals surface area contributed by atoms with Crippen molar-refractivity contribution in [1.29, 1.82) is 0 Å². The van der Waals surface area contributed by atoms with E-state index in [1.807, 2.05) is 18.2 Å². The summed E-state index contributed by atoms with van der Waals surface area (Å²) in [4.78, 5) is 14.7. The number of nitrogens with one attached hydrogen (secondary N) is 1. The Hall–Kier alpha value is -2.10. The van der Waals surface area contributed by atoms with Crippen molar-refractivity contribution in [2.24, 2.45) is 0 Å². The number of hydrogen-bond donors (Lipinski definition) is 1. The summed E-state index contributed by atoms with van der Waals surface area (Å²) in [5.41, 5.74) is 1.62. The SMILES string of the molecule is CN/C(=C\C=C(/C=O)OC)c1ccccn1. The van der Waals surface area contributed by atoms with E-state index in [1.165, 1.54) is 7.11 Å². The van der Waals surface area contributed by atoms with Crippen molar-refractivity contribution < 1.29 is 9.53 Å². The van der Waals surface area contributed by atoms with Crippen LogP contribution in [0.4, 0.5) is 0 Å². The lowest BCUT2D eigenvalue weighted by Gasteiger charge is -2.04. The third-order valence-electron chi connectivity index (χ3n) is 1.98. The van der Waals surface area contributed by atoms with Gasteiger partial charge in [-0.3, -0.25) is 9.78 Å². The number of hydrogen-bond acceptors (Lipinski definition) is 4. The standard InChI is InChI=1S/C12H14N2O2/c1-13-11(7-6-10(9-15)16-2)12-5-3-4-8-14-12/h3-9,13H,1-2H3/b10-6+,11-7-. The highest BCUT2D eigenvalue weighted by molar-refractivity contribution is 5.72. The number of carbonyl (C=O) groups excluding carboxylic acids is 1. The molecule has 4 heteroatoms. The van der Waals surface area contributed by atoms with Crippen LogP contribution in [-0.2, 0) is 9.53 Å². The lowest BCUT2D eigenvalue weighted by Crippen LogP contribution is -2.05. The topological polar surface area (TPSA) is 51.2 Å². The summed E-state index contributed by atoms with van der Waals surface area (Å²) in [5, 5.41) is 3.00. The molecule has 0 atom stereocenters. The Morgan fingerprint density at radius 2 is 2.25 bits per heavy atom. The van der Waals surface area contributed by atoms with Gasteiger partial charge in [0.15, 0.2) is 12.0 Å². The molecule has 4 nitrogen and oxygen atoms in total. The van der Waals surface area contributed by atoms with E-state index in [-0.39, 0.29) is 5.76 Å². The summed E-state index contributed by atoms with van der Waals surface area (Å²) >= 11 is 0. The van der Waals surface area contributed by atoms with Crippen molar-refractivity contribution in [3.63, 3.8) is 0 Å². The molecule has 1 rings (SSSR count). The summed E-state index contributed by atoms with van der Waals surface area (Å²) in [7, 11) is 3.25. The van der Waals surface area contributed by atoms with Crippen molar-refractivity contribution in [3.05, 3.63) is 48.0 Å². The van der Waals surface area contributed by atoms with Crippen molar-refractivity contribution in [1.82, 2.24) is 10.3 Å². The number of allylic oxidation sites excluding steroid dienone is 3. The zero-order chi connectivity index (χ0) is 11.8. The molecule has 0 aromatic carbocycles. The number of methoxy groups -OCH3 is 1. The van der Waals surface area contributed by atoms with Gasteiger partial charge in [0.1, 0.15) is 0 Å². The first-order chi connectivity index (χ1) is 7.81. The molecule has 1 aromatic heterocycles. The first-order valence-corrected chi connectivity index (χ1v) is 4.82. The monoisotopic (exact) mass is 218 g/mol. The Balaban J connectivity index is 2.95. The van der Waals surface area contributed by atoms with E-state index in [0.29, 0.717) is 6.29 Å². The second-order valence-electron chi connectivity index (χ2n) is 2.94. The molecule has 0 radical (unpaired) electrons. The molecule has 1 aromatic rings. The fourth-order valence-electron chi connectivity index (χ4n) is 1.14. The fourth-order valence-corrected chi connectivity index (χ4v) is 1.14. The molecular weight excluding hydrogens is 204 g/mol. The first-order valence-electron chi connectivity index (χ1n) is 4.82. The second-order valence-corrected chi connectivity index (χ2v) is 2.94. The van der Waals surface area contributed by atoms with Crippen molar-refractivity contribution in [3.8, 4) is 0 Å². The van der Waals surface area contributed by atoms with Crippen LogP contribution in [-0.4, -0.2) is 25.4 Å². The van der Waals surface area contributed by atoms with E-state index in [2.05, 4.69) is 10.3 Å². The largest absolute Gasteiger partial charge is 0.493 e. The number of carbonyl (C=O) groups is 1. The van der Waals surface area contributed by atoms with Crippen LogP contribution in [0.2, 0.25) is 0 Å². The predicted molar refractivity (Wildman–Crippen MR) is 62.4 cm³/mol. The Morgan fingerprint density at radius 1 is 1.44 bits per heavy atom. The quantitative estimate of drug-likeness (QED) is 0.351. The Morgan fingerprint density at radius 3 is 2.75 bits per heavy atom. The van der Waals surface area contributed by atoms with E-state index < -0.39 is 0 Å². The number of aldehydes is 1. The predicted octanol–water partition coefficient (Wildman–Crippen LogP) is 1.37. The number of ether oxygens (including phenoxy) is 1. The summed E-state index contributed by atoms with van der Waals surface area (Å²) < 4.78 is 4.83. The van der Waals surface area contributed by atoms with Gasteiger partial charge in [-0.05, 0) is 24.3 Å². The van der Waals surface area contributed by atoms with Crippen LogP contribution in [0, 0.1) is 0 Å². The maximum absolute atomic E-state index is 10.5. The van der Waals surface area contributed by atoms with Gasteiger partial charge in [-0.25, -0.2) is 0 Å². The van der Waals surface area contributed by atoms with E-state index in [4.69, 9.17) is 4.74 Å². The summed E-state index contributed by atoms with van der Waals surface area (Å²) in [6.45, 7) is 0. The average Bonchev–Trinajstić information content (AvgIpc) is 2.36. The average molecular weight is 218 g/mol. The summed E-state index contributed by atoms with van der Waals surface area (Å²) in [6.07, 6.45) is 5.70. The molecule has 1 N–H and O–H groups in total. The fraction of sp³-hybridized carbons (Fsp3) is 0.167. The van der Waals surface area contributed by atoms with Crippen LogP contribution in [0.5, 0.6) is 0 Å². The highest BCUT2D eigenvalue weighted by Gasteiger charge is 1.98. The minimum atomic E-state index is 0.267. The van der Waals surface area contributed by atoms with Crippen LogP contribution in [0.25, 0.3) is 5.70 Å². The van der Waals surface area contributed by atoms with Gasteiger partial charge >= 0.3 is 0 Å².